The number of hydrogen-bond donors (Lipinski definition) is 0. The SMILES string of the molecule is COc1ccc(C(=O)C2[C@@H](c3ccc(OC)cc3)[C@@]23C(=O)N(C)c2ccccc23)cc1. The summed E-state index contributed by atoms with van der Waals surface area (Å²) in [5.41, 5.74) is 2.47. The highest BCUT2D eigenvalue weighted by Crippen LogP contribution is 2.71. The number of amides is 1. The number of benzene rings is 3. The van der Waals surface area contributed by atoms with Crippen molar-refractivity contribution in [1.29, 1.82) is 0 Å². The lowest BCUT2D eigenvalue weighted by Gasteiger charge is -2.12. The number of Topliss-reactive ketones (excluding diaryl/α,β-unsaturated/α-hetero) is 1. The average molecular weight is 413 g/mol. The Kier molecular flexibility index (Phi) is 4.36. The van der Waals surface area contributed by atoms with Crippen LogP contribution >= 0.6 is 0 Å². The molecule has 1 unspecified atom stereocenters. The molecule has 5 nitrogen and oxygen atoms in total. The molecule has 1 heterocycles. The maximum absolute atomic E-state index is 13.7. The molecule has 0 aromatic heterocycles. The molecule has 5 rings (SSSR count). The van der Waals surface area contributed by atoms with Crippen LogP contribution in [0.4, 0.5) is 5.69 Å². The van der Waals surface area contributed by atoms with Crippen molar-refractivity contribution in [2.75, 3.05) is 26.2 Å². The molecule has 0 radical (unpaired) electrons. The molecule has 3 aromatic rings. The topological polar surface area (TPSA) is 55.8 Å². The Morgan fingerprint density at radius 1 is 0.871 bits per heavy atom. The standard InChI is InChI=1S/C26H23NO4/c1-27-21-7-5-4-6-20(21)26(25(27)29)22(16-8-12-18(30-2)13-9-16)23(26)24(28)17-10-14-19(31-3)15-11-17/h4-15,22-23H,1-3H3/t22-,23?,26-/m1/s1. The van der Waals surface area contributed by atoms with Gasteiger partial charge in [-0.05, 0) is 53.6 Å². The summed E-state index contributed by atoms with van der Waals surface area (Å²) in [6, 6.07) is 22.6. The van der Waals surface area contributed by atoms with Gasteiger partial charge in [0.15, 0.2) is 5.78 Å². The van der Waals surface area contributed by atoms with Gasteiger partial charge in [-0.1, -0.05) is 30.3 Å². The fraction of sp³-hybridized carbons (Fsp3) is 0.231. The van der Waals surface area contributed by atoms with Gasteiger partial charge in [-0.15, -0.1) is 0 Å². The zero-order valence-electron chi connectivity index (χ0n) is 17.7. The number of para-hydroxylation sites is 1. The van der Waals surface area contributed by atoms with Crippen molar-refractivity contribution in [3.8, 4) is 11.5 Å². The number of likely N-dealkylation sites (N-methyl/N-ethyl adjacent to an activating group) is 1. The molecular weight excluding hydrogens is 390 g/mol. The number of fused-ring (bicyclic) bond motifs is 2. The summed E-state index contributed by atoms with van der Waals surface area (Å²) in [7, 11) is 5.00. The van der Waals surface area contributed by atoms with Gasteiger partial charge in [0, 0.05) is 30.1 Å². The lowest BCUT2D eigenvalue weighted by atomic mass is 9.90. The smallest absolute Gasteiger partial charge is 0.238 e. The van der Waals surface area contributed by atoms with Gasteiger partial charge in [-0.3, -0.25) is 9.59 Å². The minimum atomic E-state index is -0.878. The quantitative estimate of drug-likeness (QED) is 0.588. The van der Waals surface area contributed by atoms with Crippen LogP contribution in [0.5, 0.6) is 11.5 Å². The second-order valence-electron chi connectivity index (χ2n) is 8.07. The zero-order chi connectivity index (χ0) is 21.8. The average Bonchev–Trinajstić information content (AvgIpc) is 3.48. The second-order valence-corrected chi connectivity index (χ2v) is 8.07. The molecule has 0 N–H and O–H groups in total. The van der Waals surface area contributed by atoms with Gasteiger partial charge >= 0.3 is 0 Å². The first-order chi connectivity index (χ1) is 15.0. The number of carbonyl (C=O) groups is 2. The van der Waals surface area contributed by atoms with Crippen molar-refractivity contribution < 1.29 is 19.1 Å². The normalized spacial score (nSPS) is 23.6. The van der Waals surface area contributed by atoms with Crippen molar-refractivity contribution in [3.63, 3.8) is 0 Å². The fourth-order valence-electron chi connectivity index (χ4n) is 5.17. The molecule has 1 saturated carbocycles. The van der Waals surface area contributed by atoms with E-state index in [9.17, 15) is 9.59 Å². The Balaban J connectivity index is 1.64. The molecule has 2 aliphatic rings. The Bertz CT molecular complexity index is 1170. The number of carbonyl (C=O) groups excluding carboxylic acids is 2. The largest absolute Gasteiger partial charge is 0.497 e. The highest BCUT2D eigenvalue weighted by atomic mass is 16.5. The molecule has 5 heteroatoms. The predicted octanol–water partition coefficient (Wildman–Crippen LogP) is 4.21. The number of ether oxygens (including phenoxy) is 2. The van der Waals surface area contributed by atoms with Crippen molar-refractivity contribution in [2.24, 2.45) is 5.92 Å². The maximum atomic E-state index is 13.7. The van der Waals surface area contributed by atoms with Gasteiger partial charge < -0.3 is 14.4 Å². The van der Waals surface area contributed by atoms with Gasteiger partial charge in [-0.2, -0.15) is 0 Å². The van der Waals surface area contributed by atoms with E-state index < -0.39 is 11.3 Å². The van der Waals surface area contributed by atoms with E-state index in [0.717, 1.165) is 22.6 Å². The van der Waals surface area contributed by atoms with Crippen molar-refractivity contribution >= 4 is 17.4 Å². The summed E-state index contributed by atoms with van der Waals surface area (Å²) in [6.07, 6.45) is 0. The van der Waals surface area contributed by atoms with Crippen LogP contribution < -0.4 is 14.4 Å². The van der Waals surface area contributed by atoms with Crippen LogP contribution in [-0.2, 0) is 10.2 Å². The van der Waals surface area contributed by atoms with Crippen LogP contribution in [0.3, 0.4) is 0 Å². The summed E-state index contributed by atoms with van der Waals surface area (Å²) < 4.78 is 10.5. The summed E-state index contributed by atoms with van der Waals surface area (Å²) in [5, 5.41) is 0. The number of anilines is 1. The molecule has 1 amide bonds. The molecule has 31 heavy (non-hydrogen) atoms. The molecule has 1 fully saturated rings. The molecule has 0 saturated heterocycles. The van der Waals surface area contributed by atoms with Crippen LogP contribution in [0.2, 0.25) is 0 Å². The van der Waals surface area contributed by atoms with E-state index in [1.54, 1.807) is 50.4 Å². The number of rotatable bonds is 5. The van der Waals surface area contributed by atoms with Crippen LogP contribution in [0.1, 0.15) is 27.4 Å². The molecule has 1 spiro atoms. The maximum Gasteiger partial charge on any atom is 0.238 e. The highest BCUT2D eigenvalue weighted by Gasteiger charge is 2.76. The van der Waals surface area contributed by atoms with Crippen LogP contribution in [0.25, 0.3) is 0 Å². The van der Waals surface area contributed by atoms with E-state index in [1.165, 1.54) is 0 Å². The Morgan fingerprint density at radius 2 is 1.45 bits per heavy atom. The number of hydrogen-bond acceptors (Lipinski definition) is 4. The Labute approximate surface area is 181 Å². The zero-order valence-corrected chi connectivity index (χ0v) is 17.7. The van der Waals surface area contributed by atoms with E-state index >= 15 is 0 Å². The molecule has 0 bridgehead atoms. The predicted molar refractivity (Wildman–Crippen MR) is 118 cm³/mol. The first-order valence-electron chi connectivity index (χ1n) is 10.2. The van der Waals surface area contributed by atoms with E-state index in [1.807, 2.05) is 48.5 Å². The van der Waals surface area contributed by atoms with Crippen molar-refractivity contribution in [2.45, 2.75) is 11.3 Å². The molecule has 156 valence electrons. The van der Waals surface area contributed by atoms with Crippen LogP contribution in [0, 0.1) is 5.92 Å². The van der Waals surface area contributed by atoms with Gasteiger partial charge in [0.1, 0.15) is 11.5 Å². The monoisotopic (exact) mass is 413 g/mol. The Morgan fingerprint density at radius 3 is 2.06 bits per heavy atom. The summed E-state index contributed by atoms with van der Waals surface area (Å²) in [6.45, 7) is 0. The van der Waals surface area contributed by atoms with Gasteiger partial charge in [-0.25, -0.2) is 0 Å². The second kappa shape index (κ2) is 6.98. The van der Waals surface area contributed by atoms with E-state index in [0.29, 0.717) is 11.3 Å². The fourth-order valence-corrected chi connectivity index (χ4v) is 5.17. The minimum absolute atomic E-state index is 0.0260. The highest BCUT2D eigenvalue weighted by molar-refractivity contribution is 6.18. The van der Waals surface area contributed by atoms with E-state index in [-0.39, 0.29) is 17.6 Å². The lowest BCUT2D eigenvalue weighted by Crippen LogP contribution is -2.31. The van der Waals surface area contributed by atoms with Gasteiger partial charge in [0.05, 0.1) is 19.6 Å². The van der Waals surface area contributed by atoms with E-state index in [4.69, 9.17) is 9.47 Å². The minimum Gasteiger partial charge on any atom is -0.497 e. The molecule has 1 aliphatic carbocycles. The van der Waals surface area contributed by atoms with Crippen LogP contribution in [-0.4, -0.2) is 33.0 Å². The van der Waals surface area contributed by atoms with Gasteiger partial charge in [0.2, 0.25) is 5.91 Å². The van der Waals surface area contributed by atoms with Gasteiger partial charge in [0.25, 0.3) is 0 Å². The summed E-state index contributed by atoms with van der Waals surface area (Å²) in [4.78, 5) is 29.0. The molecule has 3 atom stereocenters. The first kappa shape index (κ1) is 19.4. The first-order valence-corrected chi connectivity index (χ1v) is 10.2. The molecule has 1 aliphatic heterocycles. The third-order valence-electron chi connectivity index (χ3n) is 6.71. The van der Waals surface area contributed by atoms with Crippen molar-refractivity contribution in [3.05, 3.63) is 89.5 Å². The third-order valence-corrected chi connectivity index (χ3v) is 6.71. The third kappa shape index (κ3) is 2.62. The van der Waals surface area contributed by atoms with Crippen molar-refractivity contribution in [1.82, 2.24) is 0 Å². The number of ketones is 1. The van der Waals surface area contributed by atoms with E-state index in [2.05, 4.69) is 0 Å². The Hall–Kier alpha value is -3.60. The summed E-state index contributed by atoms with van der Waals surface area (Å²) in [5.74, 6) is 0.685. The lowest BCUT2D eigenvalue weighted by molar-refractivity contribution is -0.120. The number of nitrogens with zero attached hydrogens (tertiary/aromatic N) is 1. The number of methoxy groups -OCH3 is 2. The van der Waals surface area contributed by atoms with Crippen LogP contribution in [0.15, 0.2) is 72.8 Å². The molecule has 3 aromatic carbocycles. The summed E-state index contributed by atoms with van der Waals surface area (Å²) >= 11 is 0. The molecular formula is C26H23NO4.